The van der Waals surface area contributed by atoms with Gasteiger partial charge in [-0.2, -0.15) is 5.26 Å². The van der Waals surface area contributed by atoms with Crippen LogP contribution in [0.3, 0.4) is 0 Å². The molecule has 0 bridgehead atoms. The number of aromatic nitrogens is 3. The Bertz CT molecular complexity index is 1420. The molecule has 0 aliphatic rings. The molecule has 178 valence electrons. The Kier molecular flexibility index (Phi) is 7.26. The Morgan fingerprint density at radius 3 is 2.49 bits per heavy atom. The monoisotopic (exact) mass is 466 g/mol. The molecule has 6 nitrogen and oxygen atoms in total. The minimum Gasteiger partial charge on any atom is -0.361 e. The summed E-state index contributed by atoms with van der Waals surface area (Å²) in [5.41, 5.74) is 6.57. The molecule has 2 aromatic heterocycles. The summed E-state index contributed by atoms with van der Waals surface area (Å²) in [6, 6.07) is 18.1. The van der Waals surface area contributed by atoms with E-state index in [1.54, 1.807) is 4.57 Å². The van der Waals surface area contributed by atoms with E-state index in [9.17, 15) is 10.1 Å². The molecule has 35 heavy (non-hydrogen) atoms. The third-order valence-electron chi connectivity index (χ3n) is 6.47. The first kappa shape index (κ1) is 24.2. The topological polar surface area (TPSA) is 84.7 Å². The van der Waals surface area contributed by atoms with Crippen molar-refractivity contribution in [2.75, 3.05) is 0 Å². The van der Waals surface area contributed by atoms with Crippen LogP contribution in [0.15, 0.2) is 57.8 Å². The van der Waals surface area contributed by atoms with Crippen LogP contribution in [0, 0.1) is 32.1 Å². The molecule has 0 radical (unpaired) electrons. The van der Waals surface area contributed by atoms with E-state index in [1.807, 2.05) is 69.3 Å². The number of hydrogen-bond donors (Lipinski definition) is 0. The van der Waals surface area contributed by atoms with Crippen molar-refractivity contribution in [1.29, 1.82) is 5.26 Å². The highest BCUT2D eigenvalue weighted by molar-refractivity contribution is 5.71. The second-order valence-electron chi connectivity index (χ2n) is 8.92. The summed E-state index contributed by atoms with van der Waals surface area (Å²) < 4.78 is 7.02. The van der Waals surface area contributed by atoms with Crippen LogP contribution in [0.25, 0.3) is 11.1 Å². The van der Waals surface area contributed by atoms with Crippen molar-refractivity contribution in [2.45, 2.75) is 59.9 Å². The fraction of sp³-hybridized carbons (Fsp3) is 0.310. The SMILES string of the molecule is CCCCc1nc(C)n(Cc2c(C)noc2C)c(=O)c1Cc1ccc(-c2ccccc2)c(C#N)c1. The molecule has 2 heterocycles. The van der Waals surface area contributed by atoms with Gasteiger partial charge in [0.2, 0.25) is 0 Å². The third-order valence-corrected chi connectivity index (χ3v) is 6.47. The molecule has 0 aliphatic carbocycles. The molecule has 2 aromatic carbocycles. The summed E-state index contributed by atoms with van der Waals surface area (Å²) in [5, 5.41) is 13.9. The van der Waals surface area contributed by atoms with Gasteiger partial charge in [-0.15, -0.1) is 0 Å². The first-order valence-corrected chi connectivity index (χ1v) is 12.0. The van der Waals surface area contributed by atoms with Gasteiger partial charge in [0.1, 0.15) is 11.6 Å². The number of nitrogens with zero attached hydrogens (tertiary/aromatic N) is 4. The van der Waals surface area contributed by atoms with E-state index in [4.69, 9.17) is 9.51 Å². The lowest BCUT2D eigenvalue weighted by molar-refractivity contribution is 0.392. The first-order chi connectivity index (χ1) is 16.9. The van der Waals surface area contributed by atoms with Crippen molar-refractivity contribution in [1.82, 2.24) is 14.7 Å². The van der Waals surface area contributed by atoms with Crippen LogP contribution in [0.2, 0.25) is 0 Å². The summed E-state index contributed by atoms with van der Waals surface area (Å²) in [5.74, 6) is 1.39. The van der Waals surface area contributed by atoms with E-state index in [0.29, 0.717) is 35.7 Å². The fourth-order valence-corrected chi connectivity index (χ4v) is 4.42. The Hall–Kier alpha value is -3.98. The Labute approximate surface area is 205 Å². The van der Waals surface area contributed by atoms with E-state index in [-0.39, 0.29) is 5.56 Å². The van der Waals surface area contributed by atoms with Crippen LogP contribution in [-0.2, 0) is 19.4 Å². The van der Waals surface area contributed by atoms with Crippen molar-refractivity contribution < 1.29 is 4.52 Å². The smallest absolute Gasteiger partial charge is 0.257 e. The van der Waals surface area contributed by atoms with Crippen molar-refractivity contribution in [3.8, 4) is 17.2 Å². The minimum absolute atomic E-state index is 0.0470. The Morgan fingerprint density at radius 2 is 1.83 bits per heavy atom. The number of rotatable bonds is 8. The average molecular weight is 467 g/mol. The molecular weight excluding hydrogens is 436 g/mol. The van der Waals surface area contributed by atoms with Crippen molar-refractivity contribution in [3.05, 3.63) is 104 Å². The molecule has 0 amide bonds. The average Bonchev–Trinajstić information content (AvgIpc) is 3.19. The highest BCUT2D eigenvalue weighted by Crippen LogP contribution is 2.25. The third kappa shape index (κ3) is 5.09. The zero-order valence-corrected chi connectivity index (χ0v) is 20.8. The van der Waals surface area contributed by atoms with Crippen molar-refractivity contribution in [3.63, 3.8) is 0 Å². The van der Waals surface area contributed by atoms with Gasteiger partial charge in [-0.25, -0.2) is 4.98 Å². The predicted octanol–water partition coefficient (Wildman–Crippen LogP) is 5.68. The van der Waals surface area contributed by atoms with Gasteiger partial charge in [-0.1, -0.05) is 61.0 Å². The van der Waals surface area contributed by atoms with E-state index in [2.05, 4.69) is 18.1 Å². The lowest BCUT2D eigenvalue weighted by Crippen LogP contribution is -2.30. The maximum atomic E-state index is 13.8. The Balaban J connectivity index is 1.76. The Morgan fingerprint density at radius 1 is 1.06 bits per heavy atom. The van der Waals surface area contributed by atoms with Crippen LogP contribution in [0.5, 0.6) is 0 Å². The maximum absolute atomic E-state index is 13.8. The lowest BCUT2D eigenvalue weighted by atomic mass is 9.95. The van der Waals surface area contributed by atoms with Crippen LogP contribution in [0.4, 0.5) is 0 Å². The quantitative estimate of drug-likeness (QED) is 0.334. The van der Waals surface area contributed by atoms with Crippen molar-refractivity contribution >= 4 is 0 Å². The zero-order chi connectivity index (χ0) is 24.9. The van der Waals surface area contributed by atoms with Gasteiger partial charge < -0.3 is 4.52 Å². The summed E-state index contributed by atoms with van der Waals surface area (Å²) in [6.45, 7) is 8.12. The normalized spacial score (nSPS) is 10.9. The fourth-order valence-electron chi connectivity index (χ4n) is 4.42. The van der Waals surface area contributed by atoms with E-state index < -0.39 is 0 Å². The van der Waals surface area contributed by atoms with Crippen LogP contribution < -0.4 is 5.56 Å². The molecule has 4 aromatic rings. The number of benzene rings is 2. The highest BCUT2D eigenvalue weighted by atomic mass is 16.5. The molecule has 0 spiro atoms. The van der Waals surface area contributed by atoms with Gasteiger partial charge in [0.25, 0.3) is 5.56 Å². The van der Waals surface area contributed by atoms with E-state index in [0.717, 1.165) is 52.9 Å². The standard InChI is InChI=1S/C29H30N4O2/c1-5-6-12-28-26(29(34)33(21(4)31-28)18-27-19(2)32-35-20(27)3)16-22-13-14-25(24(15-22)17-30)23-10-8-7-9-11-23/h7-11,13-15H,5-6,12,16,18H2,1-4H3. The molecule has 0 atom stereocenters. The summed E-state index contributed by atoms with van der Waals surface area (Å²) in [4.78, 5) is 18.6. The summed E-state index contributed by atoms with van der Waals surface area (Å²) in [6.07, 6.45) is 3.16. The van der Waals surface area contributed by atoms with E-state index >= 15 is 0 Å². The van der Waals surface area contributed by atoms with Gasteiger partial charge in [0.15, 0.2) is 0 Å². The molecule has 4 rings (SSSR count). The van der Waals surface area contributed by atoms with Gasteiger partial charge in [-0.3, -0.25) is 9.36 Å². The minimum atomic E-state index is -0.0470. The number of aryl methyl sites for hydroxylation is 4. The van der Waals surface area contributed by atoms with Crippen LogP contribution in [0.1, 0.15) is 65.0 Å². The van der Waals surface area contributed by atoms with E-state index in [1.165, 1.54) is 0 Å². The summed E-state index contributed by atoms with van der Waals surface area (Å²) >= 11 is 0. The van der Waals surface area contributed by atoms with Crippen LogP contribution >= 0.6 is 0 Å². The molecule has 0 N–H and O–H groups in total. The molecule has 0 unspecified atom stereocenters. The molecule has 6 heteroatoms. The largest absolute Gasteiger partial charge is 0.361 e. The second-order valence-corrected chi connectivity index (χ2v) is 8.92. The highest BCUT2D eigenvalue weighted by Gasteiger charge is 2.19. The van der Waals surface area contributed by atoms with Crippen molar-refractivity contribution in [2.24, 2.45) is 0 Å². The zero-order valence-electron chi connectivity index (χ0n) is 20.8. The van der Waals surface area contributed by atoms with Crippen LogP contribution in [-0.4, -0.2) is 14.7 Å². The van der Waals surface area contributed by atoms with Gasteiger partial charge in [-0.05, 0) is 56.4 Å². The number of nitriles is 1. The first-order valence-electron chi connectivity index (χ1n) is 12.0. The second kappa shape index (κ2) is 10.5. The predicted molar refractivity (Wildman–Crippen MR) is 136 cm³/mol. The van der Waals surface area contributed by atoms with Gasteiger partial charge in [0.05, 0.1) is 29.6 Å². The number of hydrogen-bond acceptors (Lipinski definition) is 5. The maximum Gasteiger partial charge on any atom is 0.257 e. The molecule has 0 saturated carbocycles. The summed E-state index contributed by atoms with van der Waals surface area (Å²) in [7, 11) is 0. The van der Waals surface area contributed by atoms with Gasteiger partial charge in [0, 0.05) is 17.5 Å². The molecule has 0 fully saturated rings. The van der Waals surface area contributed by atoms with Gasteiger partial charge >= 0.3 is 0 Å². The number of unbranched alkanes of at least 4 members (excludes halogenated alkanes) is 1. The molecule has 0 saturated heterocycles. The molecular formula is C29H30N4O2. The lowest BCUT2D eigenvalue weighted by Gasteiger charge is -2.16. The molecule has 0 aliphatic heterocycles.